The van der Waals surface area contributed by atoms with Crippen molar-refractivity contribution in [3.8, 4) is 11.3 Å². The number of nitrogens with zero attached hydrogens (tertiary/aromatic N) is 1. The molecule has 1 aromatic heterocycles. The van der Waals surface area contributed by atoms with Gasteiger partial charge in [-0.05, 0) is 73.2 Å². The third kappa shape index (κ3) is 4.51. The number of imide groups is 2. The number of furan rings is 1. The minimum absolute atomic E-state index is 0.0439. The molecule has 33 heavy (non-hydrogen) atoms. The van der Waals surface area contributed by atoms with Gasteiger partial charge in [-0.1, -0.05) is 15.9 Å². The van der Waals surface area contributed by atoms with Gasteiger partial charge in [-0.25, -0.2) is 23.3 Å². The zero-order chi connectivity index (χ0) is 23.9. The highest BCUT2D eigenvalue weighted by Crippen LogP contribution is 2.29. The maximum atomic E-state index is 13.1. The maximum absolute atomic E-state index is 13.1. The van der Waals surface area contributed by atoms with Gasteiger partial charge in [0.25, 0.3) is 11.8 Å². The summed E-state index contributed by atoms with van der Waals surface area (Å²) in [4.78, 5) is 38.7. The monoisotopic (exact) mass is 529 g/mol. The second kappa shape index (κ2) is 8.43. The van der Waals surface area contributed by atoms with E-state index in [-0.39, 0.29) is 16.2 Å². The summed E-state index contributed by atoms with van der Waals surface area (Å²) in [6.45, 7) is 1.74. The van der Waals surface area contributed by atoms with Crippen molar-refractivity contribution < 1.29 is 27.2 Å². The first-order valence-corrected chi connectivity index (χ1v) is 11.8. The standard InChI is InChI=1S/C22H16BrN3O6S/c1-12-10-14(23)4-8-18(12)26-21(28)17(20(27)25-22(26)29)11-15-5-9-19(32-15)13-2-6-16(7-3-13)33(24,30)31/h2-11H,1H3,(H2,24,30,31)(H,25,27,29). The highest BCUT2D eigenvalue weighted by atomic mass is 79.9. The molecule has 1 saturated heterocycles. The van der Waals surface area contributed by atoms with Crippen LogP contribution >= 0.6 is 15.9 Å². The van der Waals surface area contributed by atoms with Crippen LogP contribution in [0, 0.1) is 6.92 Å². The van der Waals surface area contributed by atoms with E-state index < -0.39 is 27.9 Å². The Morgan fingerprint density at radius 2 is 1.73 bits per heavy atom. The number of nitrogens with one attached hydrogen (secondary N) is 1. The molecule has 0 atom stereocenters. The average Bonchev–Trinajstić information content (AvgIpc) is 3.21. The van der Waals surface area contributed by atoms with Gasteiger partial charge in [0.1, 0.15) is 17.1 Å². The van der Waals surface area contributed by atoms with Crippen molar-refractivity contribution >= 4 is 55.6 Å². The predicted octanol–water partition coefficient (Wildman–Crippen LogP) is 3.33. The molecule has 2 heterocycles. The molecule has 3 N–H and O–H groups in total. The Morgan fingerprint density at radius 3 is 2.36 bits per heavy atom. The Balaban J connectivity index is 1.66. The molecule has 2 aromatic carbocycles. The minimum atomic E-state index is -3.82. The lowest BCUT2D eigenvalue weighted by atomic mass is 10.1. The van der Waals surface area contributed by atoms with Gasteiger partial charge in [0, 0.05) is 10.0 Å². The van der Waals surface area contributed by atoms with Gasteiger partial charge in [-0.15, -0.1) is 0 Å². The van der Waals surface area contributed by atoms with Gasteiger partial charge < -0.3 is 4.42 Å². The molecule has 0 saturated carbocycles. The Morgan fingerprint density at radius 1 is 1.03 bits per heavy atom. The lowest BCUT2D eigenvalue weighted by Crippen LogP contribution is -2.54. The zero-order valence-corrected chi connectivity index (χ0v) is 19.4. The molecule has 4 amide bonds. The SMILES string of the molecule is Cc1cc(Br)ccc1N1C(=O)NC(=O)C(=Cc2ccc(-c3ccc(S(N)(=O)=O)cc3)o2)C1=O. The first-order chi connectivity index (χ1) is 15.5. The van der Waals surface area contributed by atoms with E-state index in [9.17, 15) is 22.8 Å². The van der Waals surface area contributed by atoms with E-state index in [0.29, 0.717) is 22.6 Å². The number of sulfonamides is 1. The number of primary sulfonamides is 1. The summed E-state index contributed by atoms with van der Waals surface area (Å²) in [5.41, 5.74) is 1.29. The fraction of sp³-hybridized carbons (Fsp3) is 0.0455. The van der Waals surface area contributed by atoms with Gasteiger partial charge in [-0.2, -0.15) is 0 Å². The third-order valence-electron chi connectivity index (χ3n) is 4.88. The highest BCUT2D eigenvalue weighted by molar-refractivity contribution is 9.10. The molecule has 4 rings (SSSR count). The quantitative estimate of drug-likeness (QED) is 0.392. The van der Waals surface area contributed by atoms with Crippen molar-refractivity contribution in [2.45, 2.75) is 11.8 Å². The van der Waals surface area contributed by atoms with E-state index in [1.807, 2.05) is 0 Å². The van der Waals surface area contributed by atoms with Crippen LogP contribution in [0.2, 0.25) is 0 Å². The van der Waals surface area contributed by atoms with E-state index in [4.69, 9.17) is 9.56 Å². The number of carbonyl (C=O) groups is 3. The van der Waals surface area contributed by atoms with E-state index >= 15 is 0 Å². The summed E-state index contributed by atoms with van der Waals surface area (Å²) in [5.74, 6) is -1.06. The number of hydrogen-bond acceptors (Lipinski definition) is 6. The first-order valence-electron chi connectivity index (χ1n) is 9.45. The van der Waals surface area contributed by atoms with Crippen molar-refractivity contribution in [1.82, 2.24) is 5.32 Å². The number of aryl methyl sites for hydroxylation is 1. The number of nitrogens with two attached hydrogens (primary N) is 1. The van der Waals surface area contributed by atoms with Crippen molar-refractivity contribution in [2.75, 3.05) is 4.90 Å². The van der Waals surface area contributed by atoms with Gasteiger partial charge in [0.05, 0.1) is 10.6 Å². The van der Waals surface area contributed by atoms with Gasteiger partial charge in [-0.3, -0.25) is 14.9 Å². The van der Waals surface area contributed by atoms with Crippen molar-refractivity contribution in [3.63, 3.8) is 0 Å². The molecule has 168 valence electrons. The fourth-order valence-corrected chi connectivity index (χ4v) is 4.27. The number of anilines is 1. The topological polar surface area (TPSA) is 140 Å². The van der Waals surface area contributed by atoms with Crippen LogP contribution in [0.4, 0.5) is 10.5 Å². The molecule has 0 spiro atoms. The number of benzene rings is 2. The third-order valence-corrected chi connectivity index (χ3v) is 6.30. The zero-order valence-electron chi connectivity index (χ0n) is 17.0. The van der Waals surface area contributed by atoms with Gasteiger partial charge in [0.2, 0.25) is 10.0 Å². The number of urea groups is 1. The second-order valence-corrected chi connectivity index (χ2v) is 9.64. The predicted molar refractivity (Wildman–Crippen MR) is 123 cm³/mol. The van der Waals surface area contributed by atoms with Crippen LogP contribution < -0.4 is 15.4 Å². The molecule has 11 heteroatoms. The fourth-order valence-electron chi connectivity index (χ4n) is 3.28. The Labute approximate surface area is 197 Å². The van der Waals surface area contributed by atoms with E-state index in [1.165, 1.54) is 30.3 Å². The Bertz CT molecular complexity index is 1440. The second-order valence-electron chi connectivity index (χ2n) is 7.16. The van der Waals surface area contributed by atoms with Crippen molar-refractivity contribution in [3.05, 3.63) is 76.0 Å². The lowest BCUT2D eigenvalue weighted by Gasteiger charge is -2.27. The number of carbonyl (C=O) groups excluding carboxylic acids is 3. The summed E-state index contributed by atoms with van der Waals surface area (Å²) in [5, 5.41) is 7.27. The molecule has 1 aliphatic rings. The summed E-state index contributed by atoms with van der Waals surface area (Å²) in [7, 11) is -3.82. The van der Waals surface area contributed by atoms with Crippen molar-refractivity contribution in [1.29, 1.82) is 0 Å². The molecule has 0 aliphatic carbocycles. The maximum Gasteiger partial charge on any atom is 0.335 e. The van der Waals surface area contributed by atoms with Crippen LogP contribution in [0.5, 0.6) is 0 Å². The number of barbiturate groups is 1. The average molecular weight is 530 g/mol. The number of hydrogen-bond donors (Lipinski definition) is 2. The summed E-state index contributed by atoms with van der Waals surface area (Å²) in [6.07, 6.45) is 1.24. The van der Waals surface area contributed by atoms with Crippen LogP contribution in [-0.2, 0) is 19.6 Å². The van der Waals surface area contributed by atoms with Crippen LogP contribution in [-0.4, -0.2) is 26.3 Å². The summed E-state index contributed by atoms with van der Waals surface area (Å²) in [6, 6.07) is 13.0. The summed E-state index contributed by atoms with van der Waals surface area (Å²) >= 11 is 3.33. The molecule has 0 unspecified atom stereocenters. The molecular weight excluding hydrogens is 514 g/mol. The van der Waals surface area contributed by atoms with Gasteiger partial charge >= 0.3 is 6.03 Å². The van der Waals surface area contributed by atoms with Crippen LogP contribution in [0.3, 0.4) is 0 Å². The molecule has 1 fully saturated rings. The molecular formula is C22H16BrN3O6S. The molecule has 3 aromatic rings. The normalized spacial score (nSPS) is 15.8. The Kier molecular flexibility index (Phi) is 5.78. The number of amides is 4. The summed E-state index contributed by atoms with van der Waals surface area (Å²) < 4.78 is 29.3. The van der Waals surface area contributed by atoms with Crippen LogP contribution in [0.25, 0.3) is 17.4 Å². The largest absolute Gasteiger partial charge is 0.457 e. The van der Waals surface area contributed by atoms with E-state index in [1.54, 1.807) is 37.3 Å². The van der Waals surface area contributed by atoms with Crippen LogP contribution in [0.15, 0.2) is 74.0 Å². The Hall–Kier alpha value is -3.54. The molecule has 0 bridgehead atoms. The van der Waals surface area contributed by atoms with E-state index in [0.717, 1.165) is 9.37 Å². The van der Waals surface area contributed by atoms with Crippen molar-refractivity contribution in [2.24, 2.45) is 5.14 Å². The van der Waals surface area contributed by atoms with E-state index in [2.05, 4.69) is 21.2 Å². The van der Waals surface area contributed by atoms with Crippen LogP contribution in [0.1, 0.15) is 11.3 Å². The molecule has 0 radical (unpaired) electrons. The number of halogens is 1. The smallest absolute Gasteiger partial charge is 0.335 e. The lowest BCUT2D eigenvalue weighted by molar-refractivity contribution is -0.122. The highest BCUT2D eigenvalue weighted by Gasteiger charge is 2.37. The number of rotatable bonds is 4. The molecule has 9 nitrogen and oxygen atoms in total. The first kappa shape index (κ1) is 22.6. The van der Waals surface area contributed by atoms with Gasteiger partial charge in [0.15, 0.2) is 0 Å². The molecule has 1 aliphatic heterocycles. The minimum Gasteiger partial charge on any atom is -0.457 e.